The second-order valence-corrected chi connectivity index (χ2v) is 14.1. The second kappa shape index (κ2) is 11.3. The minimum Gasteiger partial charge on any atom is -0.208 e. The Morgan fingerprint density at radius 2 is 0.804 bits per heavy atom. The van der Waals surface area contributed by atoms with Crippen molar-refractivity contribution in [3.63, 3.8) is 0 Å². The van der Waals surface area contributed by atoms with E-state index in [1.54, 1.807) is 0 Å². The van der Waals surface area contributed by atoms with Crippen LogP contribution in [0.25, 0.3) is 88.7 Å². The van der Waals surface area contributed by atoms with Crippen LogP contribution in [0.2, 0.25) is 0 Å². The van der Waals surface area contributed by atoms with Gasteiger partial charge < -0.3 is 0 Å². The number of hydrogen-bond acceptors (Lipinski definition) is 3. The first-order valence-electron chi connectivity index (χ1n) is 17.5. The van der Waals surface area contributed by atoms with E-state index in [1.165, 1.54) is 49.5 Å². The average Bonchev–Trinajstić information content (AvgIpc) is 3.42. The number of benzene rings is 8. The van der Waals surface area contributed by atoms with Crippen molar-refractivity contribution in [3.05, 3.63) is 175 Å². The van der Waals surface area contributed by atoms with E-state index < -0.39 is 0 Å². The fraction of sp³-hybridized carbons (Fsp3) is 0.0625. The summed E-state index contributed by atoms with van der Waals surface area (Å²) in [7, 11) is 0. The molecule has 3 nitrogen and oxygen atoms in total. The Bertz CT molecular complexity index is 2750. The zero-order valence-electron chi connectivity index (χ0n) is 28.4. The number of nitrogens with zero attached hydrogens (tertiary/aromatic N) is 3. The zero-order valence-corrected chi connectivity index (χ0v) is 28.4. The highest BCUT2D eigenvalue weighted by Gasteiger charge is 2.35. The molecule has 0 spiro atoms. The number of rotatable bonds is 4. The molecule has 0 unspecified atom stereocenters. The van der Waals surface area contributed by atoms with Crippen LogP contribution in [0.3, 0.4) is 0 Å². The van der Waals surface area contributed by atoms with Crippen LogP contribution in [0.5, 0.6) is 0 Å². The number of fused-ring (bicyclic) bond motifs is 6. The van der Waals surface area contributed by atoms with Crippen molar-refractivity contribution in [2.75, 3.05) is 0 Å². The van der Waals surface area contributed by atoms with Crippen LogP contribution in [0.4, 0.5) is 0 Å². The molecular weight excluding hydrogens is 619 g/mol. The molecule has 0 radical (unpaired) electrons. The third-order valence-electron chi connectivity index (χ3n) is 10.7. The van der Waals surface area contributed by atoms with Gasteiger partial charge in [0, 0.05) is 22.1 Å². The highest BCUT2D eigenvalue weighted by molar-refractivity contribution is 6.05. The van der Waals surface area contributed by atoms with Crippen LogP contribution < -0.4 is 0 Å². The van der Waals surface area contributed by atoms with E-state index in [0.29, 0.717) is 17.5 Å². The van der Waals surface area contributed by atoms with E-state index in [0.717, 1.165) is 32.8 Å². The van der Waals surface area contributed by atoms with Gasteiger partial charge in [0.15, 0.2) is 17.5 Å². The van der Waals surface area contributed by atoms with Crippen molar-refractivity contribution in [2.24, 2.45) is 0 Å². The summed E-state index contributed by atoms with van der Waals surface area (Å²) in [6.07, 6.45) is 0. The monoisotopic (exact) mass is 651 g/mol. The summed E-state index contributed by atoms with van der Waals surface area (Å²) in [4.78, 5) is 15.5. The van der Waals surface area contributed by atoms with Crippen LogP contribution in [0.1, 0.15) is 25.0 Å². The van der Waals surface area contributed by atoms with Gasteiger partial charge in [-0.05, 0) is 90.0 Å². The van der Waals surface area contributed by atoms with Gasteiger partial charge >= 0.3 is 0 Å². The third-order valence-corrected chi connectivity index (χ3v) is 10.7. The van der Waals surface area contributed by atoms with Gasteiger partial charge in [0.05, 0.1) is 0 Å². The van der Waals surface area contributed by atoms with Gasteiger partial charge in [-0.15, -0.1) is 0 Å². The lowest BCUT2D eigenvalue weighted by Crippen LogP contribution is -2.14. The lowest BCUT2D eigenvalue weighted by atomic mass is 9.81. The van der Waals surface area contributed by atoms with Crippen LogP contribution in [0, 0.1) is 0 Å². The standard InChI is InChI=1S/C48H33N3/c1-48(2)43-18-10-9-17-40(43)41-24-23-34(29-44(41)48)37-25-26-42(39-16-8-7-15-38(37)39)47-50-45(35-21-19-30-11-3-5-13-32(30)27-35)49-46(51-47)36-22-20-31-12-4-6-14-33(31)28-36/h3-29H,1-2H3. The van der Waals surface area contributed by atoms with Crippen LogP contribution in [0.15, 0.2) is 164 Å². The Balaban J connectivity index is 1.15. The van der Waals surface area contributed by atoms with E-state index in [2.05, 4.69) is 178 Å². The predicted octanol–water partition coefficient (Wildman–Crippen LogP) is 12.3. The first-order valence-corrected chi connectivity index (χ1v) is 17.5. The minimum absolute atomic E-state index is 0.0686. The summed E-state index contributed by atoms with van der Waals surface area (Å²) < 4.78 is 0. The Labute approximate surface area is 297 Å². The molecule has 240 valence electrons. The second-order valence-electron chi connectivity index (χ2n) is 14.1. The van der Waals surface area contributed by atoms with E-state index in [-0.39, 0.29) is 5.41 Å². The molecule has 1 aliphatic carbocycles. The van der Waals surface area contributed by atoms with Crippen molar-refractivity contribution < 1.29 is 0 Å². The largest absolute Gasteiger partial charge is 0.208 e. The van der Waals surface area contributed by atoms with E-state index in [1.807, 2.05) is 0 Å². The molecule has 10 rings (SSSR count). The van der Waals surface area contributed by atoms with Gasteiger partial charge in [0.2, 0.25) is 0 Å². The summed E-state index contributed by atoms with van der Waals surface area (Å²) in [5.41, 5.74) is 10.7. The fourth-order valence-electron chi connectivity index (χ4n) is 8.03. The van der Waals surface area contributed by atoms with Gasteiger partial charge in [0.1, 0.15) is 0 Å². The smallest absolute Gasteiger partial charge is 0.164 e. The van der Waals surface area contributed by atoms with Gasteiger partial charge in [-0.2, -0.15) is 0 Å². The quantitative estimate of drug-likeness (QED) is 0.190. The summed E-state index contributed by atoms with van der Waals surface area (Å²) in [6, 6.07) is 58.5. The van der Waals surface area contributed by atoms with E-state index in [9.17, 15) is 0 Å². The third kappa shape index (κ3) is 4.77. The van der Waals surface area contributed by atoms with Gasteiger partial charge in [-0.25, -0.2) is 15.0 Å². The maximum atomic E-state index is 5.19. The molecular formula is C48H33N3. The first-order chi connectivity index (χ1) is 25.0. The molecule has 0 N–H and O–H groups in total. The summed E-state index contributed by atoms with van der Waals surface area (Å²) in [6.45, 7) is 4.67. The normalized spacial score (nSPS) is 13.1. The molecule has 0 aliphatic heterocycles. The Morgan fingerprint density at radius 3 is 1.47 bits per heavy atom. The molecule has 9 aromatic rings. The number of hydrogen-bond donors (Lipinski definition) is 0. The van der Waals surface area contributed by atoms with E-state index >= 15 is 0 Å². The molecule has 0 saturated heterocycles. The highest BCUT2D eigenvalue weighted by atomic mass is 15.0. The van der Waals surface area contributed by atoms with Crippen molar-refractivity contribution in [3.8, 4) is 56.4 Å². The molecule has 3 heteroatoms. The Hall–Kier alpha value is -6.45. The highest BCUT2D eigenvalue weighted by Crippen LogP contribution is 2.50. The van der Waals surface area contributed by atoms with Gasteiger partial charge in [0.25, 0.3) is 0 Å². The molecule has 51 heavy (non-hydrogen) atoms. The zero-order chi connectivity index (χ0) is 34.1. The topological polar surface area (TPSA) is 38.7 Å². The maximum Gasteiger partial charge on any atom is 0.164 e. The molecule has 8 aromatic carbocycles. The van der Waals surface area contributed by atoms with Crippen molar-refractivity contribution >= 4 is 32.3 Å². The molecule has 0 bridgehead atoms. The number of aromatic nitrogens is 3. The first kappa shape index (κ1) is 29.5. The lowest BCUT2D eigenvalue weighted by Gasteiger charge is -2.22. The van der Waals surface area contributed by atoms with Crippen LogP contribution in [-0.2, 0) is 5.41 Å². The van der Waals surface area contributed by atoms with Gasteiger partial charge in [-0.1, -0.05) is 153 Å². The van der Waals surface area contributed by atoms with Gasteiger partial charge in [-0.3, -0.25) is 0 Å². The molecule has 1 heterocycles. The van der Waals surface area contributed by atoms with E-state index in [4.69, 9.17) is 15.0 Å². The molecule has 0 atom stereocenters. The lowest BCUT2D eigenvalue weighted by molar-refractivity contribution is 0.660. The molecule has 1 aromatic heterocycles. The average molecular weight is 652 g/mol. The summed E-state index contributed by atoms with van der Waals surface area (Å²) >= 11 is 0. The molecule has 0 amide bonds. The maximum absolute atomic E-state index is 5.19. The molecule has 0 saturated carbocycles. The summed E-state index contributed by atoms with van der Waals surface area (Å²) in [5.74, 6) is 1.97. The Kier molecular flexibility index (Phi) is 6.53. The predicted molar refractivity (Wildman–Crippen MR) is 212 cm³/mol. The minimum atomic E-state index is -0.0686. The van der Waals surface area contributed by atoms with Crippen molar-refractivity contribution in [1.29, 1.82) is 0 Å². The van der Waals surface area contributed by atoms with Crippen molar-refractivity contribution in [1.82, 2.24) is 15.0 Å². The molecule has 1 aliphatic rings. The SMILES string of the molecule is CC1(C)c2ccccc2-c2ccc(-c3ccc(-c4nc(-c5ccc6ccccc6c5)nc(-c5ccc6ccccc6c5)n4)c4ccccc34)cc21. The fourth-order valence-corrected chi connectivity index (χ4v) is 8.03. The van der Waals surface area contributed by atoms with Crippen LogP contribution in [-0.4, -0.2) is 15.0 Å². The molecule has 0 fully saturated rings. The Morgan fingerprint density at radius 1 is 0.333 bits per heavy atom. The van der Waals surface area contributed by atoms with Crippen molar-refractivity contribution in [2.45, 2.75) is 19.3 Å². The summed E-state index contributed by atoms with van der Waals surface area (Å²) in [5, 5.41) is 6.96. The van der Waals surface area contributed by atoms with Crippen LogP contribution >= 0.6 is 0 Å².